The Hall–Kier alpha value is -1.12. The molecule has 0 radical (unpaired) electrons. The molecule has 1 rings (SSSR count). The molecule has 0 unspecified atom stereocenters. The van der Waals surface area contributed by atoms with Gasteiger partial charge in [0.2, 0.25) is 0 Å². The van der Waals surface area contributed by atoms with Crippen molar-refractivity contribution in [3.63, 3.8) is 0 Å². The van der Waals surface area contributed by atoms with Gasteiger partial charge in [0, 0.05) is 0 Å². The number of ether oxygens (including phenoxy) is 1. The molecular weight excluding hydrogens is 246 g/mol. The number of benzene rings is 1. The summed E-state index contributed by atoms with van der Waals surface area (Å²) in [4.78, 5) is 0. The summed E-state index contributed by atoms with van der Waals surface area (Å²) in [6.45, 7) is 6.33. The van der Waals surface area contributed by atoms with E-state index in [1.165, 1.54) is 25.0 Å². The van der Waals surface area contributed by atoms with Gasteiger partial charge in [0.05, 0.1) is 6.61 Å². The molecule has 0 atom stereocenters. The number of hydrogen-bond acceptors (Lipinski definition) is 1. The van der Waals surface area contributed by atoms with Crippen LogP contribution in [0.4, 0.5) is 8.78 Å². The molecule has 3 heteroatoms. The van der Waals surface area contributed by atoms with E-state index in [1.807, 2.05) is 13.8 Å². The molecule has 0 saturated carbocycles. The van der Waals surface area contributed by atoms with E-state index in [1.54, 1.807) is 0 Å². The van der Waals surface area contributed by atoms with E-state index in [-0.39, 0.29) is 11.7 Å². The topological polar surface area (TPSA) is 9.23 Å². The highest BCUT2D eigenvalue weighted by atomic mass is 19.1. The van der Waals surface area contributed by atoms with Crippen molar-refractivity contribution in [1.82, 2.24) is 0 Å². The molecule has 0 heterocycles. The summed E-state index contributed by atoms with van der Waals surface area (Å²) < 4.78 is 32.7. The lowest BCUT2D eigenvalue weighted by Crippen LogP contribution is -2.03. The van der Waals surface area contributed by atoms with Crippen molar-refractivity contribution < 1.29 is 13.5 Å². The Morgan fingerprint density at radius 3 is 2.11 bits per heavy atom. The van der Waals surface area contributed by atoms with Gasteiger partial charge in [-0.25, -0.2) is 8.78 Å². The van der Waals surface area contributed by atoms with Gasteiger partial charge in [-0.3, -0.25) is 0 Å². The Morgan fingerprint density at radius 1 is 1.00 bits per heavy atom. The molecule has 1 nitrogen and oxygen atoms in total. The molecule has 0 aliphatic carbocycles. The third kappa shape index (κ3) is 5.17. The second kappa shape index (κ2) is 8.13. The van der Waals surface area contributed by atoms with Crippen LogP contribution in [0.15, 0.2) is 12.1 Å². The first-order valence-corrected chi connectivity index (χ1v) is 7.18. The lowest BCUT2D eigenvalue weighted by molar-refractivity contribution is 0.275. The van der Waals surface area contributed by atoms with Crippen LogP contribution in [-0.4, -0.2) is 6.61 Å². The van der Waals surface area contributed by atoms with Crippen molar-refractivity contribution >= 4 is 0 Å². The average Bonchev–Trinajstić information content (AvgIpc) is 2.35. The number of halogens is 2. The van der Waals surface area contributed by atoms with E-state index in [0.717, 1.165) is 19.3 Å². The third-order valence-electron chi connectivity index (χ3n) is 3.18. The van der Waals surface area contributed by atoms with Crippen molar-refractivity contribution in [3.8, 4) is 5.75 Å². The normalized spacial score (nSPS) is 11.1. The van der Waals surface area contributed by atoms with Crippen LogP contribution in [0.25, 0.3) is 0 Å². The first kappa shape index (κ1) is 15.9. The minimum absolute atomic E-state index is 0.104. The largest absolute Gasteiger partial charge is 0.488 e. The monoisotopic (exact) mass is 270 g/mol. The Bertz CT molecular complexity index is 365. The highest BCUT2D eigenvalue weighted by Crippen LogP contribution is 2.27. The summed E-state index contributed by atoms with van der Waals surface area (Å²) in [6, 6.07) is 2.72. The van der Waals surface area contributed by atoms with Crippen LogP contribution in [0, 0.1) is 11.6 Å². The summed E-state index contributed by atoms with van der Waals surface area (Å²) in [6.07, 6.45) is 5.41. The molecule has 1 aromatic carbocycles. The van der Waals surface area contributed by atoms with E-state index in [0.29, 0.717) is 12.2 Å². The van der Waals surface area contributed by atoms with Crippen LogP contribution in [0.2, 0.25) is 0 Å². The highest BCUT2D eigenvalue weighted by Gasteiger charge is 2.13. The molecule has 0 bridgehead atoms. The molecular formula is C16H24F2O. The fourth-order valence-corrected chi connectivity index (χ4v) is 1.93. The molecule has 0 N–H and O–H groups in total. The van der Waals surface area contributed by atoms with Crippen LogP contribution in [0.1, 0.15) is 64.4 Å². The van der Waals surface area contributed by atoms with Crippen molar-refractivity contribution in [1.29, 1.82) is 0 Å². The minimum atomic E-state index is -0.600. The Kier molecular flexibility index (Phi) is 6.82. The van der Waals surface area contributed by atoms with Crippen LogP contribution in [-0.2, 0) is 0 Å². The predicted molar refractivity (Wildman–Crippen MR) is 74.7 cm³/mol. The van der Waals surface area contributed by atoms with Gasteiger partial charge in [-0.15, -0.1) is 0 Å². The summed E-state index contributed by atoms with van der Waals surface area (Å²) in [5.41, 5.74) is 0.658. The Labute approximate surface area is 115 Å². The van der Waals surface area contributed by atoms with Crippen LogP contribution in [0.3, 0.4) is 0 Å². The van der Waals surface area contributed by atoms with Crippen LogP contribution < -0.4 is 4.74 Å². The predicted octanol–water partition coefficient (Wildman–Crippen LogP) is 5.44. The van der Waals surface area contributed by atoms with Gasteiger partial charge in [-0.05, 0) is 30.0 Å². The van der Waals surface area contributed by atoms with Gasteiger partial charge in [-0.2, -0.15) is 0 Å². The molecule has 0 aromatic heterocycles. The molecule has 0 saturated heterocycles. The zero-order valence-electron chi connectivity index (χ0n) is 12.1. The fourth-order valence-electron chi connectivity index (χ4n) is 1.93. The fraction of sp³-hybridized carbons (Fsp3) is 0.625. The number of rotatable bonds is 8. The molecule has 108 valence electrons. The molecule has 0 amide bonds. The second-order valence-electron chi connectivity index (χ2n) is 5.23. The maximum Gasteiger partial charge on any atom is 0.190 e. The summed E-state index contributed by atoms with van der Waals surface area (Å²) in [7, 11) is 0. The Morgan fingerprint density at radius 2 is 1.58 bits per heavy atom. The maximum absolute atomic E-state index is 13.7. The van der Waals surface area contributed by atoms with Crippen LogP contribution in [0.5, 0.6) is 5.75 Å². The summed E-state index contributed by atoms with van der Waals surface area (Å²) in [5.74, 6) is -1.33. The van der Waals surface area contributed by atoms with E-state index >= 15 is 0 Å². The van der Waals surface area contributed by atoms with Crippen molar-refractivity contribution in [2.75, 3.05) is 6.61 Å². The molecule has 0 aliphatic heterocycles. The van der Waals surface area contributed by atoms with Gasteiger partial charge < -0.3 is 4.74 Å². The standard InChI is InChI=1S/C16H24F2O/c1-4-5-6-7-8-9-19-16-14(17)10-13(12(2)3)11-15(16)18/h10-12H,4-9H2,1-3H3. The molecule has 1 aromatic rings. The SMILES string of the molecule is CCCCCCCOc1c(F)cc(C(C)C)cc1F. The third-order valence-corrected chi connectivity index (χ3v) is 3.18. The smallest absolute Gasteiger partial charge is 0.190 e. The van der Waals surface area contributed by atoms with E-state index < -0.39 is 11.6 Å². The average molecular weight is 270 g/mol. The highest BCUT2D eigenvalue weighted by molar-refractivity contribution is 5.32. The molecule has 0 aliphatic rings. The van der Waals surface area contributed by atoms with Crippen molar-refractivity contribution in [2.24, 2.45) is 0 Å². The van der Waals surface area contributed by atoms with Gasteiger partial charge in [0.25, 0.3) is 0 Å². The molecule has 0 fully saturated rings. The number of hydrogen-bond donors (Lipinski definition) is 0. The van der Waals surface area contributed by atoms with Gasteiger partial charge in [0.1, 0.15) is 0 Å². The summed E-state index contributed by atoms with van der Waals surface area (Å²) in [5, 5.41) is 0. The molecule has 19 heavy (non-hydrogen) atoms. The lowest BCUT2D eigenvalue weighted by atomic mass is 10.0. The van der Waals surface area contributed by atoms with E-state index in [2.05, 4.69) is 6.92 Å². The Balaban J connectivity index is 2.50. The second-order valence-corrected chi connectivity index (χ2v) is 5.23. The lowest BCUT2D eigenvalue weighted by Gasteiger charge is -2.11. The van der Waals surface area contributed by atoms with E-state index in [9.17, 15) is 8.78 Å². The van der Waals surface area contributed by atoms with Gasteiger partial charge in [0.15, 0.2) is 17.4 Å². The van der Waals surface area contributed by atoms with E-state index in [4.69, 9.17) is 4.74 Å². The summed E-state index contributed by atoms with van der Waals surface area (Å²) >= 11 is 0. The van der Waals surface area contributed by atoms with Crippen molar-refractivity contribution in [2.45, 2.75) is 58.8 Å². The zero-order chi connectivity index (χ0) is 14.3. The van der Waals surface area contributed by atoms with Gasteiger partial charge in [-0.1, -0.05) is 46.5 Å². The minimum Gasteiger partial charge on any atom is -0.488 e. The number of unbranched alkanes of at least 4 members (excludes halogenated alkanes) is 4. The first-order valence-electron chi connectivity index (χ1n) is 7.18. The van der Waals surface area contributed by atoms with Crippen LogP contribution >= 0.6 is 0 Å². The van der Waals surface area contributed by atoms with Gasteiger partial charge >= 0.3 is 0 Å². The first-order chi connectivity index (χ1) is 9.06. The zero-order valence-corrected chi connectivity index (χ0v) is 12.1. The maximum atomic E-state index is 13.7. The van der Waals surface area contributed by atoms with Crippen molar-refractivity contribution in [3.05, 3.63) is 29.3 Å². The molecule has 0 spiro atoms. The quantitative estimate of drug-likeness (QED) is 0.572.